The number of carbonyl (C=O) groups excluding carboxylic acids is 3. The first-order chi connectivity index (χ1) is 9.56. The van der Waals surface area contributed by atoms with E-state index in [0.29, 0.717) is 25.7 Å². The van der Waals surface area contributed by atoms with Crippen LogP contribution in [-0.2, 0) is 27.1 Å². The lowest BCUT2D eigenvalue weighted by molar-refractivity contribution is -0.118. The molecule has 5 nitrogen and oxygen atoms in total. The summed E-state index contributed by atoms with van der Waals surface area (Å²) >= 11 is 0. The van der Waals surface area contributed by atoms with Gasteiger partial charge >= 0.3 is 11.9 Å². The molecule has 0 fully saturated rings. The van der Waals surface area contributed by atoms with Crippen LogP contribution in [0.3, 0.4) is 0 Å². The zero-order chi connectivity index (χ0) is 14.7. The van der Waals surface area contributed by atoms with Gasteiger partial charge < -0.3 is 9.47 Å². The van der Waals surface area contributed by atoms with Gasteiger partial charge in [-0.1, -0.05) is 0 Å². The molecule has 0 aromatic heterocycles. The Kier molecular flexibility index (Phi) is 4.17. The van der Waals surface area contributed by atoms with Crippen LogP contribution in [0.2, 0.25) is 0 Å². The van der Waals surface area contributed by atoms with Gasteiger partial charge in [0, 0.05) is 12.8 Å². The van der Waals surface area contributed by atoms with E-state index in [-0.39, 0.29) is 16.9 Å². The first-order valence-electron chi connectivity index (χ1n) is 6.41. The molecule has 106 valence electrons. The number of ketones is 1. The van der Waals surface area contributed by atoms with Crippen molar-refractivity contribution < 1.29 is 23.9 Å². The minimum Gasteiger partial charge on any atom is -0.465 e. The zero-order valence-corrected chi connectivity index (χ0v) is 11.5. The lowest BCUT2D eigenvalue weighted by atomic mass is 9.95. The average Bonchev–Trinajstić information content (AvgIpc) is 2.66. The van der Waals surface area contributed by atoms with Crippen molar-refractivity contribution in [2.24, 2.45) is 0 Å². The SMILES string of the molecule is COC(=O)c1cc2c(cc1C(=O)OC)CCC(=O)CC2. The van der Waals surface area contributed by atoms with E-state index in [4.69, 9.17) is 9.47 Å². The van der Waals surface area contributed by atoms with E-state index in [1.807, 2.05) is 0 Å². The van der Waals surface area contributed by atoms with Gasteiger partial charge in [0.2, 0.25) is 0 Å². The molecule has 1 aromatic rings. The largest absolute Gasteiger partial charge is 0.465 e. The fourth-order valence-electron chi connectivity index (χ4n) is 2.39. The third-order valence-electron chi connectivity index (χ3n) is 3.50. The molecular weight excluding hydrogens is 260 g/mol. The van der Waals surface area contributed by atoms with E-state index in [1.54, 1.807) is 12.1 Å². The number of fused-ring (bicyclic) bond motifs is 1. The number of Topliss-reactive ketones (excluding diaryl/α,β-unsaturated/α-hetero) is 1. The topological polar surface area (TPSA) is 69.7 Å². The fourth-order valence-corrected chi connectivity index (χ4v) is 2.39. The van der Waals surface area contributed by atoms with Gasteiger partial charge in [-0.15, -0.1) is 0 Å². The summed E-state index contributed by atoms with van der Waals surface area (Å²) in [4.78, 5) is 35.1. The van der Waals surface area contributed by atoms with E-state index >= 15 is 0 Å². The second-order valence-electron chi connectivity index (χ2n) is 4.69. The van der Waals surface area contributed by atoms with Crippen LogP contribution >= 0.6 is 0 Å². The molecule has 0 aliphatic heterocycles. The van der Waals surface area contributed by atoms with Crippen LogP contribution in [0.15, 0.2) is 12.1 Å². The highest BCUT2D eigenvalue weighted by Crippen LogP contribution is 2.24. The molecule has 0 heterocycles. The van der Waals surface area contributed by atoms with Crippen LogP contribution < -0.4 is 0 Å². The molecule has 5 heteroatoms. The molecule has 1 aliphatic carbocycles. The smallest absolute Gasteiger partial charge is 0.338 e. The van der Waals surface area contributed by atoms with Crippen LogP contribution in [0.25, 0.3) is 0 Å². The number of rotatable bonds is 2. The van der Waals surface area contributed by atoms with Gasteiger partial charge in [-0.3, -0.25) is 4.79 Å². The summed E-state index contributed by atoms with van der Waals surface area (Å²) in [6.45, 7) is 0. The number of hydrogen-bond acceptors (Lipinski definition) is 5. The Morgan fingerprint density at radius 3 is 1.60 bits per heavy atom. The van der Waals surface area contributed by atoms with Crippen molar-refractivity contribution in [1.82, 2.24) is 0 Å². The normalized spacial score (nSPS) is 14.2. The molecule has 2 rings (SSSR count). The second-order valence-corrected chi connectivity index (χ2v) is 4.69. The molecule has 0 spiro atoms. The highest BCUT2D eigenvalue weighted by molar-refractivity contribution is 6.03. The summed E-state index contributed by atoms with van der Waals surface area (Å²) in [5.74, 6) is -0.965. The van der Waals surface area contributed by atoms with Crippen molar-refractivity contribution in [3.63, 3.8) is 0 Å². The molecule has 0 saturated carbocycles. The fraction of sp³-hybridized carbons (Fsp3) is 0.400. The van der Waals surface area contributed by atoms with Gasteiger partial charge in [-0.25, -0.2) is 9.59 Å². The number of ether oxygens (including phenoxy) is 2. The average molecular weight is 276 g/mol. The maximum atomic E-state index is 11.8. The highest BCUT2D eigenvalue weighted by atomic mass is 16.5. The minimum atomic E-state index is -0.580. The number of hydrogen-bond donors (Lipinski definition) is 0. The van der Waals surface area contributed by atoms with Crippen molar-refractivity contribution in [3.05, 3.63) is 34.4 Å². The van der Waals surface area contributed by atoms with Gasteiger partial charge in [0.05, 0.1) is 25.3 Å². The standard InChI is InChI=1S/C15H16O5/c1-19-14(17)12-7-9-3-5-11(16)6-4-10(9)8-13(12)15(18)20-2/h7-8H,3-6H2,1-2H3. The number of carbonyl (C=O) groups is 3. The first-order valence-corrected chi connectivity index (χ1v) is 6.41. The summed E-state index contributed by atoms with van der Waals surface area (Å²) in [5, 5.41) is 0. The number of aryl methyl sites for hydroxylation is 2. The van der Waals surface area contributed by atoms with Crippen LogP contribution in [0.5, 0.6) is 0 Å². The summed E-state index contributed by atoms with van der Waals surface area (Å²) < 4.78 is 9.40. The van der Waals surface area contributed by atoms with Gasteiger partial charge in [0.1, 0.15) is 5.78 Å². The van der Waals surface area contributed by atoms with Crippen molar-refractivity contribution in [2.45, 2.75) is 25.7 Å². The number of esters is 2. The van der Waals surface area contributed by atoms with Gasteiger partial charge in [0.15, 0.2) is 0 Å². The monoisotopic (exact) mass is 276 g/mol. The lowest BCUT2D eigenvalue weighted by Gasteiger charge is -2.12. The van der Waals surface area contributed by atoms with Crippen LogP contribution in [-0.4, -0.2) is 31.9 Å². The Balaban J connectivity index is 2.53. The van der Waals surface area contributed by atoms with Gasteiger partial charge in [-0.2, -0.15) is 0 Å². The van der Waals surface area contributed by atoms with Crippen molar-refractivity contribution in [1.29, 1.82) is 0 Å². The highest BCUT2D eigenvalue weighted by Gasteiger charge is 2.23. The molecule has 1 aromatic carbocycles. The van der Waals surface area contributed by atoms with E-state index < -0.39 is 11.9 Å². The summed E-state index contributed by atoms with van der Waals surface area (Å²) in [6, 6.07) is 3.29. The Morgan fingerprint density at radius 2 is 1.25 bits per heavy atom. The summed E-state index contributed by atoms with van der Waals surface area (Å²) in [5.41, 5.74) is 2.22. The summed E-state index contributed by atoms with van der Waals surface area (Å²) in [7, 11) is 2.52. The number of methoxy groups -OCH3 is 2. The third kappa shape index (κ3) is 2.71. The van der Waals surface area contributed by atoms with E-state index in [0.717, 1.165) is 11.1 Å². The minimum absolute atomic E-state index is 0.187. The van der Waals surface area contributed by atoms with Crippen LogP contribution in [0.4, 0.5) is 0 Å². The van der Waals surface area contributed by atoms with Crippen molar-refractivity contribution >= 4 is 17.7 Å². The quantitative estimate of drug-likeness (QED) is 0.607. The predicted molar refractivity (Wildman–Crippen MR) is 70.8 cm³/mol. The molecule has 20 heavy (non-hydrogen) atoms. The molecule has 0 saturated heterocycles. The first kappa shape index (κ1) is 14.2. The number of benzene rings is 1. The maximum Gasteiger partial charge on any atom is 0.338 e. The second kappa shape index (κ2) is 5.86. The molecule has 0 atom stereocenters. The third-order valence-corrected chi connectivity index (χ3v) is 3.50. The zero-order valence-electron chi connectivity index (χ0n) is 11.5. The van der Waals surface area contributed by atoms with E-state index in [2.05, 4.69) is 0 Å². The lowest BCUT2D eigenvalue weighted by Crippen LogP contribution is -2.13. The Hall–Kier alpha value is -2.17. The van der Waals surface area contributed by atoms with E-state index in [1.165, 1.54) is 14.2 Å². The van der Waals surface area contributed by atoms with Crippen molar-refractivity contribution in [3.8, 4) is 0 Å². The Morgan fingerprint density at radius 1 is 0.850 bits per heavy atom. The van der Waals surface area contributed by atoms with Gasteiger partial charge in [0.25, 0.3) is 0 Å². The Labute approximate surface area is 116 Å². The molecular formula is C15H16O5. The molecule has 0 bridgehead atoms. The molecule has 0 N–H and O–H groups in total. The Bertz CT molecular complexity index is 525. The van der Waals surface area contributed by atoms with Gasteiger partial charge in [-0.05, 0) is 36.1 Å². The van der Waals surface area contributed by atoms with Crippen molar-refractivity contribution in [2.75, 3.05) is 14.2 Å². The maximum absolute atomic E-state index is 11.8. The molecule has 0 amide bonds. The van der Waals surface area contributed by atoms with E-state index in [9.17, 15) is 14.4 Å². The van der Waals surface area contributed by atoms with Crippen LogP contribution in [0, 0.1) is 0 Å². The predicted octanol–water partition coefficient (Wildman–Crippen LogP) is 1.71. The summed E-state index contributed by atoms with van der Waals surface area (Å²) in [6.07, 6.45) is 2.09. The van der Waals surface area contributed by atoms with Crippen LogP contribution in [0.1, 0.15) is 44.7 Å². The molecule has 0 unspecified atom stereocenters. The molecule has 1 aliphatic rings. The molecule has 0 radical (unpaired) electrons.